The van der Waals surface area contributed by atoms with Crippen LogP contribution in [-0.2, 0) is 10.8 Å². The van der Waals surface area contributed by atoms with Crippen molar-refractivity contribution in [1.29, 1.82) is 0 Å². The van der Waals surface area contributed by atoms with Crippen molar-refractivity contribution in [3.63, 3.8) is 0 Å². The van der Waals surface area contributed by atoms with E-state index in [9.17, 15) is 4.21 Å². The van der Waals surface area contributed by atoms with Gasteiger partial charge in [-0.3, -0.25) is 4.21 Å². The molecule has 0 aromatic heterocycles. The van der Waals surface area contributed by atoms with Crippen molar-refractivity contribution in [1.82, 2.24) is 5.32 Å². The van der Waals surface area contributed by atoms with E-state index in [-0.39, 0.29) is 0 Å². The Morgan fingerprint density at radius 1 is 1.00 bits per heavy atom. The molecule has 0 radical (unpaired) electrons. The fourth-order valence-corrected chi connectivity index (χ4v) is 2.73. The van der Waals surface area contributed by atoms with Gasteiger partial charge < -0.3 is 5.32 Å². The Morgan fingerprint density at radius 3 is 2.18 bits per heavy atom. The molecule has 3 heteroatoms. The molecule has 1 N–H and O–H groups in total. The SMILES string of the molecule is CCCCCCCC(C)NC(C)CCS(C)=O. The van der Waals surface area contributed by atoms with E-state index in [0.29, 0.717) is 12.1 Å². The Labute approximate surface area is 110 Å². The van der Waals surface area contributed by atoms with Gasteiger partial charge >= 0.3 is 0 Å². The highest BCUT2D eigenvalue weighted by atomic mass is 32.2. The van der Waals surface area contributed by atoms with Gasteiger partial charge in [0, 0.05) is 34.9 Å². The van der Waals surface area contributed by atoms with Gasteiger partial charge in [0.25, 0.3) is 0 Å². The van der Waals surface area contributed by atoms with Crippen LogP contribution in [0.15, 0.2) is 0 Å². The van der Waals surface area contributed by atoms with Gasteiger partial charge in [0.1, 0.15) is 0 Å². The first-order valence-corrected chi connectivity index (χ1v) is 8.85. The van der Waals surface area contributed by atoms with E-state index in [4.69, 9.17) is 0 Å². The molecule has 17 heavy (non-hydrogen) atoms. The molecule has 0 heterocycles. The second-order valence-corrected chi connectivity index (χ2v) is 6.79. The van der Waals surface area contributed by atoms with Crippen molar-refractivity contribution in [2.45, 2.75) is 77.8 Å². The largest absolute Gasteiger partial charge is 0.312 e. The molecule has 0 bridgehead atoms. The van der Waals surface area contributed by atoms with Gasteiger partial charge in [0.05, 0.1) is 0 Å². The zero-order valence-electron chi connectivity index (χ0n) is 12.1. The van der Waals surface area contributed by atoms with Crippen LogP contribution in [0.4, 0.5) is 0 Å². The fraction of sp³-hybridized carbons (Fsp3) is 1.00. The third kappa shape index (κ3) is 12.4. The summed E-state index contributed by atoms with van der Waals surface area (Å²) in [6.45, 7) is 6.71. The van der Waals surface area contributed by atoms with E-state index >= 15 is 0 Å². The van der Waals surface area contributed by atoms with Crippen LogP contribution in [0.25, 0.3) is 0 Å². The molecule has 0 saturated heterocycles. The molecule has 0 aliphatic rings. The molecule has 0 spiro atoms. The van der Waals surface area contributed by atoms with Gasteiger partial charge in [0.15, 0.2) is 0 Å². The number of rotatable bonds is 11. The summed E-state index contributed by atoms with van der Waals surface area (Å²) < 4.78 is 11.0. The summed E-state index contributed by atoms with van der Waals surface area (Å²) in [4.78, 5) is 0. The number of unbranched alkanes of at least 4 members (excludes halogenated alkanes) is 4. The van der Waals surface area contributed by atoms with Crippen LogP contribution in [0.2, 0.25) is 0 Å². The number of nitrogens with one attached hydrogen (secondary N) is 1. The van der Waals surface area contributed by atoms with Crippen LogP contribution < -0.4 is 5.32 Å². The van der Waals surface area contributed by atoms with Gasteiger partial charge in [-0.15, -0.1) is 0 Å². The minimum Gasteiger partial charge on any atom is -0.312 e. The zero-order chi connectivity index (χ0) is 13.1. The zero-order valence-corrected chi connectivity index (χ0v) is 12.9. The highest BCUT2D eigenvalue weighted by Crippen LogP contribution is 2.08. The average Bonchev–Trinajstić information content (AvgIpc) is 2.26. The second kappa shape index (κ2) is 11.2. The molecule has 3 unspecified atom stereocenters. The fourth-order valence-electron chi connectivity index (χ4n) is 2.05. The highest BCUT2D eigenvalue weighted by Gasteiger charge is 2.07. The molecule has 104 valence electrons. The smallest absolute Gasteiger partial charge is 0.0246 e. The molecule has 0 rings (SSSR count). The second-order valence-electron chi connectivity index (χ2n) is 5.24. The van der Waals surface area contributed by atoms with Crippen molar-refractivity contribution in [2.75, 3.05) is 12.0 Å². The molecule has 0 aromatic rings. The van der Waals surface area contributed by atoms with E-state index in [1.165, 1.54) is 38.5 Å². The van der Waals surface area contributed by atoms with Gasteiger partial charge in [-0.1, -0.05) is 39.0 Å². The van der Waals surface area contributed by atoms with Crippen molar-refractivity contribution in [3.8, 4) is 0 Å². The normalized spacial score (nSPS) is 16.7. The van der Waals surface area contributed by atoms with Crippen LogP contribution >= 0.6 is 0 Å². The lowest BCUT2D eigenvalue weighted by molar-refractivity contribution is 0.423. The predicted octanol–water partition coefficient (Wildman–Crippen LogP) is 3.48. The standard InChI is InChI=1S/C14H31NOS/c1-5-6-7-8-9-10-13(2)15-14(3)11-12-17(4)16/h13-15H,5-12H2,1-4H3. The quantitative estimate of drug-likeness (QED) is 0.577. The van der Waals surface area contributed by atoms with Gasteiger partial charge in [-0.25, -0.2) is 0 Å². The minimum atomic E-state index is -0.650. The monoisotopic (exact) mass is 261 g/mol. The van der Waals surface area contributed by atoms with Gasteiger partial charge in [-0.05, 0) is 26.7 Å². The summed E-state index contributed by atoms with van der Waals surface area (Å²) in [5, 5.41) is 3.59. The topological polar surface area (TPSA) is 29.1 Å². The molecule has 0 amide bonds. The molecular formula is C14H31NOS. The summed E-state index contributed by atoms with van der Waals surface area (Å²) >= 11 is 0. The summed E-state index contributed by atoms with van der Waals surface area (Å²) in [7, 11) is -0.650. The van der Waals surface area contributed by atoms with Crippen molar-refractivity contribution < 1.29 is 4.21 Å². The van der Waals surface area contributed by atoms with E-state index in [1.807, 2.05) is 0 Å². The average molecular weight is 261 g/mol. The number of hydrogen-bond acceptors (Lipinski definition) is 2. The minimum absolute atomic E-state index is 0.490. The third-order valence-electron chi connectivity index (χ3n) is 3.15. The predicted molar refractivity (Wildman–Crippen MR) is 79.0 cm³/mol. The van der Waals surface area contributed by atoms with E-state index < -0.39 is 10.8 Å². The Hall–Kier alpha value is 0.110. The third-order valence-corrected chi connectivity index (χ3v) is 3.96. The molecule has 0 aliphatic heterocycles. The maximum Gasteiger partial charge on any atom is 0.0246 e. The Balaban J connectivity index is 3.43. The molecule has 0 aliphatic carbocycles. The molecule has 3 atom stereocenters. The van der Waals surface area contributed by atoms with Crippen molar-refractivity contribution in [2.24, 2.45) is 0 Å². The van der Waals surface area contributed by atoms with Gasteiger partial charge in [0.2, 0.25) is 0 Å². The van der Waals surface area contributed by atoms with Crippen LogP contribution in [0.3, 0.4) is 0 Å². The van der Waals surface area contributed by atoms with Crippen LogP contribution in [0, 0.1) is 0 Å². The van der Waals surface area contributed by atoms with Gasteiger partial charge in [-0.2, -0.15) is 0 Å². The maximum absolute atomic E-state index is 11.0. The Bertz CT molecular complexity index is 197. The number of hydrogen-bond donors (Lipinski definition) is 1. The maximum atomic E-state index is 11.0. The van der Waals surface area contributed by atoms with Crippen LogP contribution in [-0.4, -0.2) is 28.3 Å². The molecule has 0 fully saturated rings. The first-order chi connectivity index (χ1) is 8.06. The van der Waals surface area contributed by atoms with E-state index in [1.54, 1.807) is 6.26 Å². The first-order valence-electron chi connectivity index (χ1n) is 7.12. The van der Waals surface area contributed by atoms with Crippen molar-refractivity contribution >= 4 is 10.8 Å². The molecule has 2 nitrogen and oxygen atoms in total. The lowest BCUT2D eigenvalue weighted by Gasteiger charge is -2.19. The summed E-state index contributed by atoms with van der Waals surface area (Å²) in [6, 6.07) is 1.08. The van der Waals surface area contributed by atoms with Crippen LogP contribution in [0.1, 0.15) is 65.7 Å². The molecular weight excluding hydrogens is 230 g/mol. The summed E-state index contributed by atoms with van der Waals surface area (Å²) in [5.41, 5.74) is 0. The van der Waals surface area contributed by atoms with Crippen LogP contribution in [0.5, 0.6) is 0 Å². The lowest BCUT2D eigenvalue weighted by atomic mass is 10.1. The summed E-state index contributed by atoms with van der Waals surface area (Å²) in [5.74, 6) is 0.817. The summed E-state index contributed by atoms with van der Waals surface area (Å²) in [6.07, 6.45) is 10.8. The molecule has 0 saturated carbocycles. The highest BCUT2D eigenvalue weighted by molar-refractivity contribution is 7.84. The Morgan fingerprint density at radius 2 is 1.59 bits per heavy atom. The van der Waals surface area contributed by atoms with E-state index in [0.717, 1.165) is 12.2 Å². The first kappa shape index (κ1) is 17.1. The van der Waals surface area contributed by atoms with E-state index in [2.05, 4.69) is 26.1 Å². The lowest BCUT2D eigenvalue weighted by Crippen LogP contribution is -2.35. The Kier molecular flexibility index (Phi) is 11.3. The van der Waals surface area contributed by atoms with Crippen molar-refractivity contribution in [3.05, 3.63) is 0 Å². The molecule has 0 aromatic carbocycles.